The molecule has 3 nitrogen and oxygen atoms in total. The number of carbonyl (C=O) groups excluding carboxylic acids is 1. The van der Waals surface area contributed by atoms with Crippen molar-refractivity contribution < 1.29 is 6.17 Å². The van der Waals surface area contributed by atoms with Crippen molar-refractivity contribution in [2.75, 3.05) is 14.1 Å². The summed E-state index contributed by atoms with van der Waals surface area (Å²) in [5.41, 5.74) is 1.96. The first-order chi connectivity index (χ1) is 7.15. The molecule has 0 atom stereocenters. The van der Waals surface area contributed by atoms with E-state index >= 15 is 0 Å². The summed E-state index contributed by atoms with van der Waals surface area (Å²) in [7, 11) is 3.40. The zero-order valence-corrected chi connectivity index (χ0v) is 8.58. The first-order valence-corrected chi connectivity index (χ1v) is 4.46. The van der Waals surface area contributed by atoms with Crippen LogP contribution in [-0.2, 0) is 6.54 Å². The normalized spacial score (nSPS) is 10.6. The topological polar surface area (TPSA) is 32.3 Å². The van der Waals surface area contributed by atoms with E-state index in [0.29, 0.717) is 6.54 Å². The van der Waals surface area contributed by atoms with Crippen molar-refractivity contribution in [2.45, 2.75) is 13.4 Å². The van der Waals surface area contributed by atoms with Crippen LogP contribution in [0.3, 0.4) is 0 Å². The lowest BCUT2D eigenvalue weighted by Gasteiger charge is -2.12. The molecule has 1 aromatic carbocycles. The molecule has 0 saturated heterocycles. The van der Waals surface area contributed by atoms with Gasteiger partial charge in [-0.15, -0.1) is 0 Å². The maximum Gasteiger partial charge on any atom is 0.317 e. The first-order valence-electron chi connectivity index (χ1n) is 5.17. The van der Waals surface area contributed by atoms with Crippen LogP contribution >= 0.6 is 0 Å². The monoisotopic (exact) mass is 193 g/mol. The van der Waals surface area contributed by atoms with Crippen LogP contribution in [0.4, 0.5) is 4.79 Å². The van der Waals surface area contributed by atoms with Crippen LogP contribution in [0, 0.1) is 6.90 Å². The molecule has 76 valence electrons. The molecular formula is C11H16N2O. The molecule has 14 heavy (non-hydrogen) atoms. The third-order valence-electron chi connectivity index (χ3n) is 1.95. The molecule has 0 unspecified atom stereocenters. The summed E-state index contributed by atoms with van der Waals surface area (Å²) in [5, 5.41) is 2.78. The van der Waals surface area contributed by atoms with Crippen molar-refractivity contribution in [2.24, 2.45) is 0 Å². The Morgan fingerprint density at radius 2 is 2.21 bits per heavy atom. The summed E-state index contributed by atoms with van der Waals surface area (Å²) >= 11 is 0. The number of nitrogens with one attached hydrogen (secondary N) is 1. The number of urea groups is 1. The highest BCUT2D eigenvalue weighted by atomic mass is 16.2. The molecule has 2 amide bonds. The standard InChI is InChI=1S/C11H16N2O/c1-9-6-4-5-7-10(9)8-12-11(14)13(2)3/h4-7H,8H2,1-3H3,(H,12,14)/i1D. The number of rotatable bonds is 2. The molecule has 0 aliphatic carbocycles. The zero-order chi connectivity index (χ0) is 11.3. The Bertz CT molecular complexity index is 339. The van der Waals surface area contributed by atoms with Gasteiger partial charge in [0.05, 0.1) is 0 Å². The molecule has 0 saturated carbocycles. The van der Waals surface area contributed by atoms with Crippen molar-refractivity contribution in [3.8, 4) is 0 Å². The second-order valence-corrected chi connectivity index (χ2v) is 3.32. The molecule has 1 N–H and O–H groups in total. The summed E-state index contributed by atoms with van der Waals surface area (Å²) < 4.78 is 7.33. The Labute approximate surface area is 86.1 Å². The van der Waals surface area contributed by atoms with Crippen LogP contribution < -0.4 is 5.32 Å². The minimum absolute atomic E-state index is 0.116. The third kappa shape index (κ3) is 2.76. The highest BCUT2D eigenvalue weighted by molar-refractivity contribution is 5.73. The Hall–Kier alpha value is -1.51. The van der Waals surface area contributed by atoms with Crippen LogP contribution in [0.25, 0.3) is 0 Å². The average Bonchev–Trinajstić information content (AvgIpc) is 2.26. The van der Waals surface area contributed by atoms with Gasteiger partial charge in [-0.1, -0.05) is 24.3 Å². The maximum absolute atomic E-state index is 11.3. The number of nitrogens with zero attached hydrogens (tertiary/aromatic N) is 1. The number of aryl methyl sites for hydroxylation is 1. The summed E-state index contributed by atoms with van der Waals surface area (Å²) in [6.07, 6.45) is 0. The van der Waals surface area contributed by atoms with Gasteiger partial charge < -0.3 is 10.2 Å². The highest BCUT2D eigenvalue weighted by Crippen LogP contribution is 2.05. The molecule has 1 rings (SSSR count). The Morgan fingerprint density at radius 1 is 1.50 bits per heavy atom. The number of hydrogen-bond donors (Lipinski definition) is 1. The van der Waals surface area contributed by atoms with Crippen LogP contribution in [-0.4, -0.2) is 25.0 Å². The Morgan fingerprint density at radius 3 is 2.86 bits per heavy atom. The van der Waals surface area contributed by atoms with E-state index in [2.05, 4.69) is 5.32 Å². The largest absolute Gasteiger partial charge is 0.334 e. The van der Waals surface area contributed by atoms with E-state index in [-0.39, 0.29) is 12.9 Å². The van der Waals surface area contributed by atoms with Gasteiger partial charge in [0.1, 0.15) is 0 Å². The van der Waals surface area contributed by atoms with Crippen molar-refractivity contribution in [1.29, 1.82) is 0 Å². The maximum atomic E-state index is 11.3. The zero-order valence-electron chi connectivity index (χ0n) is 9.58. The summed E-state index contributed by atoms with van der Waals surface area (Å²) in [6.45, 7) is 0.722. The second-order valence-electron chi connectivity index (χ2n) is 3.32. The predicted molar refractivity (Wildman–Crippen MR) is 57.1 cm³/mol. The van der Waals surface area contributed by atoms with Crippen molar-refractivity contribution in [3.63, 3.8) is 0 Å². The van der Waals surface area contributed by atoms with Gasteiger partial charge in [-0.05, 0) is 18.0 Å². The number of benzene rings is 1. The van der Waals surface area contributed by atoms with Crippen LogP contribution in [0.1, 0.15) is 12.5 Å². The van der Waals surface area contributed by atoms with Gasteiger partial charge in [-0.3, -0.25) is 0 Å². The smallest absolute Gasteiger partial charge is 0.317 e. The van der Waals surface area contributed by atoms with Gasteiger partial charge in [0.25, 0.3) is 0 Å². The third-order valence-corrected chi connectivity index (χ3v) is 1.95. The van der Waals surface area contributed by atoms with E-state index in [1.165, 1.54) is 4.90 Å². The minimum atomic E-state index is -0.116. The molecule has 0 heterocycles. The van der Waals surface area contributed by atoms with Crippen molar-refractivity contribution in [3.05, 3.63) is 35.4 Å². The van der Waals surface area contributed by atoms with Crippen molar-refractivity contribution >= 4 is 6.03 Å². The number of carbonyl (C=O) groups is 1. The molecule has 0 aliphatic heterocycles. The van der Waals surface area contributed by atoms with Crippen LogP contribution in [0.5, 0.6) is 0 Å². The van der Waals surface area contributed by atoms with E-state index in [4.69, 9.17) is 1.37 Å². The van der Waals surface area contributed by atoms with Gasteiger partial charge in [0.15, 0.2) is 0 Å². The lowest BCUT2D eigenvalue weighted by atomic mass is 10.1. The summed E-state index contributed by atoms with van der Waals surface area (Å²) in [6, 6.07) is 7.54. The quantitative estimate of drug-likeness (QED) is 0.762. The van der Waals surface area contributed by atoms with E-state index in [0.717, 1.165) is 11.1 Å². The van der Waals surface area contributed by atoms with E-state index < -0.39 is 0 Å². The molecule has 0 bridgehead atoms. The Balaban J connectivity index is 2.61. The van der Waals surface area contributed by atoms with E-state index in [1.807, 2.05) is 24.3 Å². The fourth-order valence-electron chi connectivity index (χ4n) is 1.06. The first kappa shape index (κ1) is 9.06. The summed E-state index contributed by atoms with van der Waals surface area (Å²) in [4.78, 5) is 12.8. The predicted octanol–water partition coefficient (Wildman–Crippen LogP) is 1.77. The number of amides is 2. The van der Waals surface area contributed by atoms with E-state index in [1.54, 1.807) is 14.1 Å². The average molecular weight is 193 g/mol. The molecule has 0 aromatic heterocycles. The van der Waals surface area contributed by atoms with Crippen LogP contribution in [0.2, 0.25) is 0 Å². The lowest BCUT2D eigenvalue weighted by Crippen LogP contribution is -2.34. The van der Waals surface area contributed by atoms with Gasteiger partial charge in [-0.25, -0.2) is 4.79 Å². The molecule has 0 aliphatic rings. The fourth-order valence-corrected chi connectivity index (χ4v) is 1.06. The second kappa shape index (κ2) is 4.65. The van der Waals surface area contributed by atoms with Gasteiger partial charge in [-0.2, -0.15) is 0 Å². The Kier molecular flexibility index (Phi) is 3.01. The van der Waals surface area contributed by atoms with Gasteiger partial charge in [0, 0.05) is 22.0 Å². The highest BCUT2D eigenvalue weighted by Gasteiger charge is 2.02. The fraction of sp³-hybridized carbons (Fsp3) is 0.364. The number of hydrogen-bond acceptors (Lipinski definition) is 1. The van der Waals surface area contributed by atoms with E-state index in [9.17, 15) is 4.79 Å². The lowest BCUT2D eigenvalue weighted by molar-refractivity contribution is 0.217. The molecule has 0 fully saturated rings. The van der Waals surface area contributed by atoms with Gasteiger partial charge >= 0.3 is 6.03 Å². The minimum Gasteiger partial charge on any atom is -0.334 e. The molecule has 1 aromatic rings. The summed E-state index contributed by atoms with van der Waals surface area (Å²) in [5.74, 6) is 0. The van der Waals surface area contributed by atoms with Crippen molar-refractivity contribution in [1.82, 2.24) is 10.2 Å². The molecule has 3 heteroatoms. The van der Waals surface area contributed by atoms with Crippen LogP contribution in [0.15, 0.2) is 24.3 Å². The molecule has 0 radical (unpaired) electrons. The van der Waals surface area contributed by atoms with Gasteiger partial charge in [0.2, 0.25) is 0 Å². The molecule has 0 spiro atoms. The molecular weight excluding hydrogens is 176 g/mol. The SMILES string of the molecule is [2H]Cc1ccccc1CNC(=O)N(C)C.